The van der Waals surface area contributed by atoms with Gasteiger partial charge < -0.3 is 9.47 Å². The van der Waals surface area contributed by atoms with Crippen molar-refractivity contribution in [3.8, 4) is 33.8 Å². The number of nitrogens with two attached hydrogens (primary N) is 1. The van der Waals surface area contributed by atoms with Crippen molar-refractivity contribution < 1.29 is 22.3 Å². The molecule has 33 heavy (non-hydrogen) atoms. The highest BCUT2D eigenvalue weighted by Crippen LogP contribution is 2.49. The Labute approximate surface area is 191 Å². The minimum atomic E-state index is -3.93. The summed E-state index contributed by atoms with van der Waals surface area (Å²) in [7, 11) is -2.35. The molecule has 5 nitrogen and oxygen atoms in total. The van der Waals surface area contributed by atoms with E-state index in [1.54, 1.807) is 37.4 Å². The van der Waals surface area contributed by atoms with Gasteiger partial charge in [-0.15, -0.1) is 0 Å². The first-order chi connectivity index (χ1) is 15.9. The quantitative estimate of drug-likeness (QED) is 0.448. The molecular formula is C26H20FNO4S. The highest BCUT2D eigenvalue weighted by Gasteiger charge is 2.30. The van der Waals surface area contributed by atoms with Crippen molar-refractivity contribution in [2.24, 2.45) is 5.14 Å². The molecular weight excluding hydrogens is 441 g/mol. The molecule has 0 fully saturated rings. The first-order valence-electron chi connectivity index (χ1n) is 10.2. The molecule has 2 N–H and O–H groups in total. The van der Waals surface area contributed by atoms with Crippen molar-refractivity contribution in [3.05, 3.63) is 102 Å². The maximum Gasteiger partial charge on any atom is 0.238 e. The lowest BCUT2D eigenvalue weighted by Gasteiger charge is -2.30. The first-order valence-corrected chi connectivity index (χ1v) is 11.8. The van der Waals surface area contributed by atoms with Gasteiger partial charge in [0.05, 0.1) is 17.6 Å². The monoisotopic (exact) mass is 461 g/mol. The van der Waals surface area contributed by atoms with Gasteiger partial charge in [0.15, 0.2) is 0 Å². The zero-order chi connectivity index (χ0) is 23.2. The molecule has 0 spiro atoms. The van der Waals surface area contributed by atoms with Crippen LogP contribution in [0.15, 0.2) is 89.8 Å². The van der Waals surface area contributed by atoms with E-state index in [1.165, 1.54) is 18.2 Å². The predicted molar refractivity (Wildman–Crippen MR) is 124 cm³/mol. The number of halogens is 1. The van der Waals surface area contributed by atoms with Crippen molar-refractivity contribution >= 4 is 10.0 Å². The molecule has 5 rings (SSSR count). The van der Waals surface area contributed by atoms with Gasteiger partial charge in [-0.25, -0.2) is 17.9 Å². The SMILES string of the molecule is COc1cccc2c1-c1ccc(-c3ccccc3S(N)(=O)=O)cc1C(c1cccc(F)c1)O2. The van der Waals surface area contributed by atoms with Gasteiger partial charge in [0, 0.05) is 11.1 Å². The molecule has 1 atom stereocenters. The minimum absolute atomic E-state index is 0.0296. The van der Waals surface area contributed by atoms with E-state index in [-0.39, 0.29) is 10.7 Å². The van der Waals surface area contributed by atoms with E-state index in [2.05, 4.69) is 0 Å². The van der Waals surface area contributed by atoms with Crippen molar-refractivity contribution in [2.75, 3.05) is 7.11 Å². The molecule has 0 aromatic heterocycles. The van der Waals surface area contributed by atoms with Crippen LogP contribution >= 0.6 is 0 Å². The fourth-order valence-corrected chi connectivity index (χ4v) is 5.04. The Morgan fingerprint density at radius 3 is 2.45 bits per heavy atom. The summed E-state index contributed by atoms with van der Waals surface area (Å²) in [4.78, 5) is 0.0296. The Kier molecular flexibility index (Phi) is 5.15. The maximum absolute atomic E-state index is 14.1. The van der Waals surface area contributed by atoms with Crippen molar-refractivity contribution in [3.63, 3.8) is 0 Å². The first kappa shape index (κ1) is 21.2. The number of fused-ring (bicyclic) bond motifs is 3. The van der Waals surface area contributed by atoms with Crippen LogP contribution in [0.2, 0.25) is 0 Å². The van der Waals surface area contributed by atoms with Crippen LogP contribution in [0.1, 0.15) is 17.2 Å². The molecule has 166 valence electrons. The molecule has 1 heterocycles. The zero-order valence-electron chi connectivity index (χ0n) is 17.7. The van der Waals surface area contributed by atoms with Crippen LogP contribution in [0.5, 0.6) is 11.5 Å². The molecule has 4 aromatic carbocycles. The number of hydrogen-bond acceptors (Lipinski definition) is 4. The molecule has 0 amide bonds. The Balaban J connectivity index is 1.77. The van der Waals surface area contributed by atoms with Crippen molar-refractivity contribution in [2.45, 2.75) is 11.0 Å². The Morgan fingerprint density at radius 2 is 1.70 bits per heavy atom. The topological polar surface area (TPSA) is 78.6 Å². The molecule has 0 radical (unpaired) electrons. The molecule has 0 saturated carbocycles. The summed E-state index contributed by atoms with van der Waals surface area (Å²) in [6.45, 7) is 0. The Bertz CT molecular complexity index is 1480. The summed E-state index contributed by atoms with van der Waals surface area (Å²) < 4.78 is 50.4. The zero-order valence-corrected chi connectivity index (χ0v) is 18.5. The van der Waals surface area contributed by atoms with Gasteiger partial charge in [-0.3, -0.25) is 0 Å². The van der Waals surface area contributed by atoms with E-state index in [0.717, 1.165) is 16.7 Å². The number of rotatable bonds is 4. The molecule has 7 heteroatoms. The average Bonchev–Trinajstić information content (AvgIpc) is 2.82. The second-order valence-electron chi connectivity index (χ2n) is 7.73. The average molecular weight is 462 g/mol. The fourth-order valence-electron chi connectivity index (χ4n) is 4.28. The van der Waals surface area contributed by atoms with E-state index in [9.17, 15) is 12.8 Å². The highest BCUT2D eigenvalue weighted by molar-refractivity contribution is 7.89. The van der Waals surface area contributed by atoms with Crippen molar-refractivity contribution in [1.82, 2.24) is 0 Å². The van der Waals surface area contributed by atoms with Crippen LogP contribution in [0.3, 0.4) is 0 Å². The van der Waals surface area contributed by atoms with Crippen LogP contribution < -0.4 is 14.6 Å². The summed E-state index contributed by atoms with van der Waals surface area (Å²) in [5, 5.41) is 5.46. The second-order valence-corrected chi connectivity index (χ2v) is 9.26. The third kappa shape index (κ3) is 3.75. The molecule has 1 aliphatic rings. The number of benzene rings is 4. The molecule has 1 unspecified atom stereocenters. The van der Waals surface area contributed by atoms with Crippen LogP contribution in [0, 0.1) is 5.82 Å². The summed E-state index contributed by atoms with van der Waals surface area (Å²) in [5.74, 6) is 0.891. The largest absolute Gasteiger partial charge is 0.496 e. The second kappa shape index (κ2) is 8.03. The lowest BCUT2D eigenvalue weighted by atomic mass is 9.87. The van der Waals surface area contributed by atoms with Crippen LogP contribution in [0.25, 0.3) is 22.3 Å². The third-order valence-corrected chi connectivity index (χ3v) is 6.68. The number of hydrogen-bond donors (Lipinski definition) is 1. The number of primary sulfonamides is 1. The van der Waals surface area contributed by atoms with Gasteiger partial charge in [0.2, 0.25) is 10.0 Å². The smallest absolute Gasteiger partial charge is 0.238 e. The Morgan fingerprint density at radius 1 is 0.909 bits per heavy atom. The van der Waals surface area contributed by atoms with Gasteiger partial charge in [0.1, 0.15) is 23.4 Å². The maximum atomic E-state index is 14.1. The van der Waals surface area contributed by atoms with E-state index in [0.29, 0.717) is 28.2 Å². The van der Waals surface area contributed by atoms with E-state index in [1.807, 2.05) is 36.4 Å². The lowest BCUT2D eigenvalue weighted by Crippen LogP contribution is -2.16. The van der Waals surface area contributed by atoms with Crippen LogP contribution in [-0.2, 0) is 10.0 Å². The van der Waals surface area contributed by atoms with Gasteiger partial charge in [0.25, 0.3) is 0 Å². The fraction of sp³-hybridized carbons (Fsp3) is 0.0769. The molecule has 1 aliphatic heterocycles. The molecule has 0 bridgehead atoms. The van der Waals surface area contributed by atoms with Crippen LogP contribution in [-0.4, -0.2) is 15.5 Å². The predicted octanol–water partition coefficient (Wildman–Crippen LogP) is 5.30. The van der Waals surface area contributed by atoms with Crippen molar-refractivity contribution in [1.29, 1.82) is 0 Å². The van der Waals surface area contributed by atoms with Gasteiger partial charge in [-0.05, 0) is 53.1 Å². The van der Waals surface area contributed by atoms with E-state index in [4.69, 9.17) is 14.6 Å². The third-order valence-electron chi connectivity index (χ3n) is 5.71. The van der Waals surface area contributed by atoms with E-state index < -0.39 is 16.1 Å². The molecule has 0 saturated heterocycles. The minimum Gasteiger partial charge on any atom is -0.496 e. The summed E-state index contributed by atoms with van der Waals surface area (Å²) in [6, 6.07) is 23.9. The number of methoxy groups -OCH3 is 1. The highest BCUT2D eigenvalue weighted by atomic mass is 32.2. The summed E-state index contributed by atoms with van der Waals surface area (Å²) in [6.07, 6.45) is -0.600. The Hall–Kier alpha value is -3.68. The van der Waals surface area contributed by atoms with Gasteiger partial charge in [-0.2, -0.15) is 0 Å². The number of ether oxygens (including phenoxy) is 2. The summed E-state index contributed by atoms with van der Waals surface area (Å²) >= 11 is 0. The van der Waals surface area contributed by atoms with Gasteiger partial charge in [-0.1, -0.05) is 48.5 Å². The molecule has 0 aliphatic carbocycles. The normalized spacial score (nSPS) is 14.7. The van der Waals surface area contributed by atoms with Gasteiger partial charge >= 0.3 is 0 Å². The standard InChI is InChI=1S/C26H20FNO4S/c1-31-22-9-5-10-23-25(22)20-13-12-16(19-8-2-3-11-24(19)33(28,29)30)15-21(20)26(32-23)17-6-4-7-18(27)14-17/h2-15,26H,1H3,(H2,28,29,30). The lowest BCUT2D eigenvalue weighted by molar-refractivity contribution is 0.241. The summed E-state index contributed by atoms with van der Waals surface area (Å²) in [5.41, 5.74) is 4.18. The van der Waals surface area contributed by atoms with Crippen LogP contribution in [0.4, 0.5) is 4.39 Å². The molecule has 4 aromatic rings. The number of sulfonamides is 1. The van der Waals surface area contributed by atoms with E-state index >= 15 is 0 Å².